The second-order valence-electron chi connectivity index (χ2n) is 6.23. The lowest BCUT2D eigenvalue weighted by Gasteiger charge is -2.23. The average Bonchev–Trinajstić information content (AvgIpc) is 3.40. The third kappa shape index (κ3) is 5.57. The van der Waals surface area contributed by atoms with Gasteiger partial charge in [0.1, 0.15) is 9.88 Å². The van der Waals surface area contributed by atoms with Crippen molar-refractivity contribution in [3.63, 3.8) is 0 Å². The molecule has 0 saturated carbocycles. The summed E-state index contributed by atoms with van der Waals surface area (Å²) in [6, 6.07) is 1.70. The van der Waals surface area contributed by atoms with Crippen molar-refractivity contribution < 1.29 is 30.7 Å². The zero-order chi connectivity index (χ0) is 22.6. The fraction of sp³-hybridized carbons (Fsp3) is 0.412. The quantitative estimate of drug-likeness (QED) is 0.462. The van der Waals surface area contributed by atoms with E-state index in [1.165, 1.54) is 19.3 Å². The summed E-state index contributed by atoms with van der Waals surface area (Å²) in [4.78, 5) is 8.41. The van der Waals surface area contributed by atoms with Crippen LogP contribution in [0.4, 0.5) is 18.9 Å². The highest BCUT2D eigenvalue weighted by Gasteiger charge is 2.38. The summed E-state index contributed by atoms with van der Waals surface area (Å²) < 4.78 is 74.3. The van der Waals surface area contributed by atoms with Gasteiger partial charge in [0.2, 0.25) is 10.0 Å². The average molecular weight is 477 g/mol. The predicted octanol–water partition coefficient (Wildman–Crippen LogP) is 3.15. The Bertz CT molecular complexity index is 1130. The highest BCUT2D eigenvalue weighted by molar-refractivity contribution is 7.92. The third-order valence-corrected chi connectivity index (χ3v) is 6.79. The molecule has 3 rings (SSSR count). The number of thiazole rings is 1. The normalized spacial score (nSPS) is 12.3. The topological polar surface area (TPSA) is 111 Å². The minimum atomic E-state index is -4.76. The van der Waals surface area contributed by atoms with Crippen LogP contribution in [0, 0.1) is 0 Å². The second kappa shape index (κ2) is 9.28. The molecule has 0 bridgehead atoms. The van der Waals surface area contributed by atoms with E-state index in [2.05, 4.69) is 24.6 Å². The first kappa shape index (κ1) is 23.1. The van der Waals surface area contributed by atoms with Crippen molar-refractivity contribution in [1.29, 1.82) is 0 Å². The van der Waals surface area contributed by atoms with E-state index in [0.29, 0.717) is 23.7 Å². The summed E-state index contributed by atoms with van der Waals surface area (Å²) >= 11 is 0.956. The molecule has 3 aromatic heterocycles. The minimum absolute atomic E-state index is 0.128. The van der Waals surface area contributed by atoms with E-state index < -0.39 is 22.1 Å². The molecular formula is C17H18F3N5O4S2. The summed E-state index contributed by atoms with van der Waals surface area (Å²) in [6.45, 7) is 1.83. The van der Waals surface area contributed by atoms with E-state index in [9.17, 15) is 21.6 Å². The fourth-order valence-corrected chi connectivity index (χ4v) is 4.48. The van der Waals surface area contributed by atoms with Crippen LogP contribution in [0.2, 0.25) is 0 Å². The molecule has 0 unspecified atom stereocenters. The van der Waals surface area contributed by atoms with Crippen LogP contribution in [0.1, 0.15) is 23.4 Å². The Kier molecular flexibility index (Phi) is 6.91. The van der Waals surface area contributed by atoms with Crippen LogP contribution < -0.4 is 4.31 Å². The van der Waals surface area contributed by atoms with Crippen LogP contribution in [0.25, 0.3) is 10.8 Å². The molecule has 0 saturated heterocycles. The van der Waals surface area contributed by atoms with Crippen LogP contribution in [0.5, 0.6) is 0 Å². The first-order valence-corrected chi connectivity index (χ1v) is 11.4. The van der Waals surface area contributed by atoms with Gasteiger partial charge in [0.25, 0.3) is 5.89 Å². The number of aromatic nitrogens is 4. The second-order valence-corrected chi connectivity index (χ2v) is 9.53. The summed E-state index contributed by atoms with van der Waals surface area (Å²) in [6.07, 6.45) is 0.0982. The number of pyridine rings is 1. The van der Waals surface area contributed by atoms with Crippen molar-refractivity contribution in [3.05, 3.63) is 41.1 Å². The SMILES string of the molecule is CCS(=O)(=O)N(Cc1ncc(-c2nnc(C(F)(F)F)o2)s1)c1cncc(CCOC)c1. The molecule has 0 radical (unpaired) electrons. The van der Waals surface area contributed by atoms with Gasteiger partial charge in [-0.15, -0.1) is 21.5 Å². The smallest absolute Gasteiger partial charge is 0.412 e. The molecule has 3 heterocycles. The molecule has 0 aromatic carbocycles. The molecule has 0 aliphatic heterocycles. The van der Waals surface area contributed by atoms with Gasteiger partial charge < -0.3 is 9.15 Å². The number of methoxy groups -OCH3 is 1. The zero-order valence-electron chi connectivity index (χ0n) is 16.5. The van der Waals surface area contributed by atoms with Gasteiger partial charge in [-0.1, -0.05) is 0 Å². The Balaban J connectivity index is 1.88. The van der Waals surface area contributed by atoms with Crippen LogP contribution in [0.15, 0.2) is 29.1 Å². The molecule has 3 aromatic rings. The number of anilines is 1. The number of nitrogens with zero attached hydrogens (tertiary/aromatic N) is 5. The van der Waals surface area contributed by atoms with E-state index in [4.69, 9.17) is 4.74 Å². The van der Waals surface area contributed by atoms with Crippen molar-refractivity contribution in [3.8, 4) is 10.8 Å². The maximum Gasteiger partial charge on any atom is 0.470 e. The Morgan fingerprint density at radius 2 is 2.00 bits per heavy atom. The molecule has 0 amide bonds. The summed E-state index contributed by atoms with van der Waals surface area (Å²) in [7, 11) is -2.13. The predicted molar refractivity (Wildman–Crippen MR) is 106 cm³/mol. The Hall–Kier alpha value is -2.58. The molecule has 14 heteroatoms. The van der Waals surface area contributed by atoms with Crippen LogP contribution >= 0.6 is 11.3 Å². The lowest BCUT2D eigenvalue weighted by Crippen LogP contribution is -2.32. The molecule has 0 aliphatic rings. The van der Waals surface area contributed by atoms with Crippen molar-refractivity contribution in [1.82, 2.24) is 20.2 Å². The maximum absolute atomic E-state index is 12.7. The number of halogens is 3. The minimum Gasteiger partial charge on any atom is -0.412 e. The van der Waals surface area contributed by atoms with Crippen molar-refractivity contribution >= 4 is 27.0 Å². The van der Waals surface area contributed by atoms with Crippen molar-refractivity contribution in [2.24, 2.45) is 0 Å². The Morgan fingerprint density at radius 1 is 1.23 bits per heavy atom. The Morgan fingerprint density at radius 3 is 2.65 bits per heavy atom. The van der Waals surface area contributed by atoms with E-state index in [0.717, 1.165) is 21.2 Å². The molecule has 0 atom stereocenters. The molecule has 0 spiro atoms. The summed E-state index contributed by atoms with van der Waals surface area (Å²) in [5.41, 5.74) is 1.14. The van der Waals surface area contributed by atoms with Gasteiger partial charge in [-0.3, -0.25) is 9.29 Å². The van der Waals surface area contributed by atoms with E-state index in [-0.39, 0.29) is 23.1 Å². The highest BCUT2D eigenvalue weighted by atomic mass is 32.2. The van der Waals surface area contributed by atoms with Gasteiger partial charge in [-0.2, -0.15) is 13.2 Å². The van der Waals surface area contributed by atoms with Gasteiger partial charge in [-0.05, 0) is 25.0 Å². The molecular weight excluding hydrogens is 459 g/mol. The number of sulfonamides is 1. The standard InChI is InChI=1S/C17H18F3N5O4S2/c1-3-31(26,27)25(12-6-11(4-5-28-2)7-21-8-12)10-14-22-9-13(30-14)15-23-24-16(29-15)17(18,19)20/h6-9H,3-5,10H2,1-2H3. The molecule has 0 N–H and O–H groups in total. The van der Waals surface area contributed by atoms with Crippen LogP contribution in [-0.4, -0.2) is 48.1 Å². The van der Waals surface area contributed by atoms with E-state index in [1.54, 1.807) is 19.4 Å². The third-order valence-electron chi connectivity index (χ3n) is 4.07. The van der Waals surface area contributed by atoms with Gasteiger partial charge >= 0.3 is 12.1 Å². The lowest BCUT2D eigenvalue weighted by atomic mass is 10.2. The maximum atomic E-state index is 12.7. The number of hydrogen-bond donors (Lipinski definition) is 0. The number of alkyl halides is 3. The molecule has 9 nitrogen and oxygen atoms in total. The summed E-state index contributed by atoms with van der Waals surface area (Å²) in [5.74, 6) is -1.97. The van der Waals surface area contributed by atoms with Gasteiger partial charge in [0.15, 0.2) is 0 Å². The van der Waals surface area contributed by atoms with E-state index >= 15 is 0 Å². The number of ether oxygens (including phenoxy) is 1. The molecule has 0 aliphatic carbocycles. The molecule has 31 heavy (non-hydrogen) atoms. The summed E-state index contributed by atoms with van der Waals surface area (Å²) in [5, 5.41) is 6.70. The lowest BCUT2D eigenvalue weighted by molar-refractivity contribution is -0.156. The van der Waals surface area contributed by atoms with Crippen LogP contribution in [-0.2, 0) is 33.9 Å². The number of rotatable bonds is 9. The largest absolute Gasteiger partial charge is 0.470 e. The first-order chi connectivity index (χ1) is 14.6. The first-order valence-electron chi connectivity index (χ1n) is 8.93. The Labute approximate surface area is 180 Å². The van der Waals surface area contributed by atoms with Crippen LogP contribution in [0.3, 0.4) is 0 Å². The number of hydrogen-bond acceptors (Lipinski definition) is 9. The zero-order valence-corrected chi connectivity index (χ0v) is 18.1. The van der Waals surface area contributed by atoms with Gasteiger partial charge in [-0.25, -0.2) is 13.4 Å². The van der Waals surface area contributed by atoms with Crippen molar-refractivity contribution in [2.75, 3.05) is 23.8 Å². The monoisotopic (exact) mass is 477 g/mol. The fourth-order valence-electron chi connectivity index (χ4n) is 2.52. The van der Waals surface area contributed by atoms with E-state index in [1.807, 2.05) is 0 Å². The van der Waals surface area contributed by atoms with Gasteiger partial charge in [0.05, 0.1) is 37.0 Å². The highest BCUT2D eigenvalue weighted by Crippen LogP contribution is 2.33. The van der Waals surface area contributed by atoms with Crippen molar-refractivity contribution in [2.45, 2.75) is 26.1 Å². The molecule has 0 fully saturated rings. The van der Waals surface area contributed by atoms with Gasteiger partial charge in [0, 0.05) is 13.3 Å². The molecule has 168 valence electrons.